The van der Waals surface area contributed by atoms with Crippen molar-refractivity contribution < 1.29 is 24.0 Å². The van der Waals surface area contributed by atoms with Gasteiger partial charge in [-0.15, -0.1) is 0 Å². The molecule has 2 heterocycles. The second kappa shape index (κ2) is 8.67. The highest BCUT2D eigenvalue weighted by atomic mass is 32.2. The number of H-pyrrole nitrogens is 1. The number of thioether (sulfide) groups is 1. The van der Waals surface area contributed by atoms with Crippen molar-refractivity contribution in [1.29, 1.82) is 0 Å². The number of carbonyl (C=O) groups is 2. The van der Waals surface area contributed by atoms with Crippen LogP contribution < -0.4 is 15.0 Å². The van der Waals surface area contributed by atoms with Gasteiger partial charge < -0.3 is 24.7 Å². The van der Waals surface area contributed by atoms with Gasteiger partial charge in [0, 0.05) is 22.4 Å². The van der Waals surface area contributed by atoms with Crippen LogP contribution in [-0.2, 0) is 9.53 Å². The van der Waals surface area contributed by atoms with E-state index in [1.165, 1.54) is 4.90 Å². The van der Waals surface area contributed by atoms with E-state index in [0.29, 0.717) is 11.4 Å². The zero-order valence-corrected chi connectivity index (χ0v) is 16.7. The van der Waals surface area contributed by atoms with E-state index in [9.17, 15) is 9.59 Å². The molecule has 1 amide bonds. The van der Waals surface area contributed by atoms with Crippen molar-refractivity contribution in [2.24, 2.45) is 0 Å². The van der Waals surface area contributed by atoms with Gasteiger partial charge in [0.15, 0.2) is 6.04 Å². The highest BCUT2D eigenvalue weighted by Crippen LogP contribution is 2.31. The van der Waals surface area contributed by atoms with Gasteiger partial charge >= 0.3 is 5.97 Å². The Kier molecular flexibility index (Phi) is 6.28. The van der Waals surface area contributed by atoms with Gasteiger partial charge in [0.1, 0.15) is 11.4 Å². The number of benzene rings is 1. The normalized spacial score (nSPS) is 16.1. The molecule has 1 aromatic heterocycles. The number of ether oxygens (including phenoxy) is 2. The number of aromatic nitrogens is 1. The Morgan fingerprint density at radius 2 is 2.07 bits per heavy atom. The second-order valence-electron chi connectivity index (χ2n) is 6.49. The molecule has 1 fully saturated rings. The molecule has 0 unspecified atom stereocenters. The molecule has 0 spiro atoms. The summed E-state index contributed by atoms with van der Waals surface area (Å²) in [6.45, 7) is 5.87. The number of esters is 1. The van der Waals surface area contributed by atoms with Crippen LogP contribution in [0.2, 0.25) is 0 Å². The zero-order chi connectivity index (χ0) is 19.4. The molecule has 1 aliphatic heterocycles. The van der Waals surface area contributed by atoms with Gasteiger partial charge in [-0.05, 0) is 32.0 Å². The molecule has 1 saturated heterocycles. The highest BCUT2D eigenvalue weighted by Gasteiger charge is 2.29. The Labute approximate surface area is 162 Å². The number of rotatable bonds is 6. The van der Waals surface area contributed by atoms with Crippen LogP contribution >= 0.6 is 11.8 Å². The molecule has 7 nitrogen and oxygen atoms in total. The third-order valence-corrected chi connectivity index (χ3v) is 5.86. The number of nitrogens with one attached hydrogen (secondary N) is 3. The summed E-state index contributed by atoms with van der Waals surface area (Å²) in [5.74, 6) is 2.18. The number of carbonyl (C=O) groups excluding carboxylic acids is 2. The summed E-state index contributed by atoms with van der Waals surface area (Å²) in [6, 6.07) is 5.23. The van der Waals surface area contributed by atoms with E-state index in [-0.39, 0.29) is 24.2 Å². The van der Waals surface area contributed by atoms with E-state index >= 15 is 0 Å². The third-order valence-electron chi connectivity index (χ3n) is 4.87. The number of aromatic amines is 1. The van der Waals surface area contributed by atoms with Crippen molar-refractivity contribution in [3.8, 4) is 5.75 Å². The van der Waals surface area contributed by atoms with Crippen molar-refractivity contribution in [1.82, 2.24) is 4.98 Å². The molecule has 1 aromatic carbocycles. The van der Waals surface area contributed by atoms with Crippen LogP contribution in [0.15, 0.2) is 18.2 Å². The molecule has 0 bridgehead atoms. The maximum Gasteiger partial charge on any atom is 0.356 e. The number of amides is 1. The molecule has 0 aliphatic carbocycles. The Morgan fingerprint density at radius 3 is 2.74 bits per heavy atom. The minimum Gasteiger partial charge on any atom is -0.497 e. The summed E-state index contributed by atoms with van der Waals surface area (Å²) in [6.07, 6.45) is 0. The molecule has 146 valence electrons. The summed E-state index contributed by atoms with van der Waals surface area (Å²) < 4.78 is 10.4. The summed E-state index contributed by atoms with van der Waals surface area (Å²) in [7, 11) is 1.58. The lowest BCUT2D eigenvalue weighted by Crippen LogP contribution is -3.18. The fourth-order valence-electron chi connectivity index (χ4n) is 3.27. The van der Waals surface area contributed by atoms with Crippen LogP contribution in [-0.4, -0.2) is 61.2 Å². The Morgan fingerprint density at radius 1 is 1.33 bits per heavy atom. The first-order chi connectivity index (χ1) is 13.0. The summed E-state index contributed by atoms with van der Waals surface area (Å²) in [5, 5.41) is 3.69. The van der Waals surface area contributed by atoms with Crippen molar-refractivity contribution in [2.75, 3.05) is 43.6 Å². The van der Waals surface area contributed by atoms with Crippen LogP contribution in [0.25, 0.3) is 10.9 Å². The number of hydrogen-bond acceptors (Lipinski definition) is 5. The average Bonchev–Trinajstić information content (AvgIpc) is 3.05. The molecule has 1 atom stereocenters. The lowest BCUT2D eigenvalue weighted by atomic mass is 10.2. The Bertz CT molecular complexity index is 830. The molecular weight excluding hydrogens is 366 g/mol. The topological polar surface area (TPSA) is 84.9 Å². The van der Waals surface area contributed by atoms with Gasteiger partial charge in [0.25, 0.3) is 5.91 Å². The molecule has 0 radical (unpaired) electrons. The molecule has 2 aromatic rings. The molecule has 27 heavy (non-hydrogen) atoms. The number of fused-ring (bicyclic) bond motifs is 1. The first-order valence-corrected chi connectivity index (χ1v) is 10.3. The number of hydrogen-bond donors (Lipinski definition) is 3. The van der Waals surface area contributed by atoms with E-state index in [1.54, 1.807) is 26.2 Å². The highest BCUT2D eigenvalue weighted by molar-refractivity contribution is 7.99. The lowest BCUT2D eigenvalue weighted by Gasteiger charge is -2.28. The van der Waals surface area contributed by atoms with Crippen molar-refractivity contribution in [3.05, 3.63) is 23.9 Å². The largest absolute Gasteiger partial charge is 0.497 e. The van der Waals surface area contributed by atoms with Crippen LogP contribution in [0.1, 0.15) is 24.3 Å². The fourth-order valence-corrected chi connectivity index (χ4v) is 4.28. The first-order valence-electron chi connectivity index (χ1n) is 9.15. The number of anilines is 1. The minimum atomic E-state index is -0.489. The Hall–Kier alpha value is -2.19. The van der Waals surface area contributed by atoms with E-state index in [0.717, 1.165) is 35.5 Å². The van der Waals surface area contributed by atoms with E-state index < -0.39 is 5.97 Å². The standard InChI is InChI=1S/C19H25N3O4S/c1-4-26-19(24)17-16(14-11-13(25-3)5-6-15(14)20-17)21-18(23)12(2)22-7-9-27-10-8-22/h5-6,11-12,20H,4,7-10H2,1-3H3,(H,21,23)/p+1/t12-/m1/s1. The van der Waals surface area contributed by atoms with Crippen LogP contribution in [0.4, 0.5) is 5.69 Å². The van der Waals surface area contributed by atoms with Gasteiger partial charge in [0.05, 0.1) is 32.5 Å². The summed E-state index contributed by atoms with van der Waals surface area (Å²) in [4.78, 5) is 29.6. The predicted octanol–water partition coefficient (Wildman–Crippen LogP) is 1.31. The maximum absolute atomic E-state index is 12.9. The number of quaternary nitrogens is 1. The van der Waals surface area contributed by atoms with Crippen molar-refractivity contribution in [3.63, 3.8) is 0 Å². The third kappa shape index (κ3) is 4.22. The van der Waals surface area contributed by atoms with Gasteiger partial charge in [-0.25, -0.2) is 4.79 Å². The summed E-state index contributed by atoms with van der Waals surface area (Å²) >= 11 is 1.92. The molecule has 3 rings (SSSR count). The molecule has 8 heteroatoms. The SMILES string of the molecule is CCOC(=O)c1[nH]c2ccc(OC)cc2c1NC(=O)[C@@H](C)[NH+]1CCSCC1. The average molecular weight is 393 g/mol. The van der Waals surface area contributed by atoms with Gasteiger partial charge in [-0.2, -0.15) is 11.8 Å². The van der Waals surface area contributed by atoms with Crippen LogP contribution in [0.5, 0.6) is 5.75 Å². The van der Waals surface area contributed by atoms with Crippen molar-refractivity contribution in [2.45, 2.75) is 19.9 Å². The van der Waals surface area contributed by atoms with E-state index in [4.69, 9.17) is 9.47 Å². The predicted molar refractivity (Wildman–Crippen MR) is 107 cm³/mol. The molecule has 0 saturated carbocycles. The number of methoxy groups -OCH3 is 1. The van der Waals surface area contributed by atoms with Crippen LogP contribution in [0, 0.1) is 0 Å². The van der Waals surface area contributed by atoms with Gasteiger partial charge in [0.2, 0.25) is 0 Å². The summed E-state index contributed by atoms with van der Waals surface area (Å²) in [5.41, 5.74) is 1.44. The minimum absolute atomic E-state index is 0.105. The Balaban J connectivity index is 1.93. The molecular formula is C19H26N3O4S+. The fraction of sp³-hybridized carbons (Fsp3) is 0.474. The first kappa shape index (κ1) is 19.6. The van der Waals surface area contributed by atoms with E-state index in [2.05, 4.69) is 10.3 Å². The van der Waals surface area contributed by atoms with Gasteiger partial charge in [-0.3, -0.25) is 4.79 Å². The van der Waals surface area contributed by atoms with Crippen molar-refractivity contribution >= 4 is 40.2 Å². The van der Waals surface area contributed by atoms with Gasteiger partial charge in [-0.1, -0.05) is 0 Å². The smallest absolute Gasteiger partial charge is 0.356 e. The maximum atomic E-state index is 12.9. The quantitative estimate of drug-likeness (QED) is 0.646. The van der Waals surface area contributed by atoms with Crippen LogP contribution in [0.3, 0.4) is 0 Å². The van der Waals surface area contributed by atoms with E-state index in [1.807, 2.05) is 24.8 Å². The lowest BCUT2D eigenvalue weighted by molar-refractivity contribution is -0.910. The molecule has 1 aliphatic rings. The second-order valence-corrected chi connectivity index (χ2v) is 7.71. The monoisotopic (exact) mass is 392 g/mol. The zero-order valence-electron chi connectivity index (χ0n) is 15.9. The molecule has 3 N–H and O–H groups in total.